The molecule has 0 amide bonds. The zero-order chi connectivity index (χ0) is 14.0. The van der Waals surface area contributed by atoms with Gasteiger partial charge in [-0.15, -0.1) is 0 Å². The summed E-state index contributed by atoms with van der Waals surface area (Å²) in [6, 6.07) is 12.1. The summed E-state index contributed by atoms with van der Waals surface area (Å²) in [6.07, 6.45) is 0. The van der Waals surface area contributed by atoms with Gasteiger partial charge < -0.3 is 10.6 Å². The van der Waals surface area contributed by atoms with Crippen LogP contribution in [-0.2, 0) is 6.54 Å². The van der Waals surface area contributed by atoms with Gasteiger partial charge in [0.15, 0.2) is 0 Å². The molecule has 0 heterocycles. The van der Waals surface area contributed by atoms with E-state index in [2.05, 4.69) is 44.0 Å². The van der Waals surface area contributed by atoms with Crippen molar-refractivity contribution in [3.05, 3.63) is 58.1 Å². The first kappa shape index (κ1) is 13.8. The van der Waals surface area contributed by atoms with Gasteiger partial charge in [-0.2, -0.15) is 0 Å². The highest BCUT2D eigenvalue weighted by molar-refractivity contribution is 6.30. The van der Waals surface area contributed by atoms with Crippen molar-refractivity contribution in [3.8, 4) is 0 Å². The van der Waals surface area contributed by atoms with E-state index in [4.69, 9.17) is 17.3 Å². The van der Waals surface area contributed by atoms with Crippen molar-refractivity contribution in [1.82, 2.24) is 0 Å². The highest BCUT2D eigenvalue weighted by Gasteiger charge is 2.06. The molecule has 0 bridgehead atoms. The van der Waals surface area contributed by atoms with Crippen LogP contribution in [0.1, 0.15) is 16.7 Å². The second-order valence-corrected chi connectivity index (χ2v) is 5.48. The first-order valence-electron chi connectivity index (χ1n) is 6.29. The molecule has 3 heteroatoms. The fourth-order valence-electron chi connectivity index (χ4n) is 2.23. The Morgan fingerprint density at radius 3 is 2.32 bits per heavy atom. The Morgan fingerprint density at radius 1 is 1.05 bits per heavy atom. The molecule has 0 fully saturated rings. The van der Waals surface area contributed by atoms with Gasteiger partial charge in [-0.3, -0.25) is 0 Å². The van der Waals surface area contributed by atoms with Gasteiger partial charge in [0.05, 0.1) is 0 Å². The smallest absolute Gasteiger partial charge is 0.0447 e. The van der Waals surface area contributed by atoms with Crippen LogP contribution >= 0.6 is 11.6 Å². The van der Waals surface area contributed by atoms with Gasteiger partial charge in [0.2, 0.25) is 0 Å². The largest absolute Gasteiger partial charge is 0.398 e. The van der Waals surface area contributed by atoms with E-state index < -0.39 is 0 Å². The minimum absolute atomic E-state index is 0.720. The number of nitrogens with zero attached hydrogens (tertiary/aromatic N) is 1. The fourth-order valence-corrected chi connectivity index (χ4v) is 2.42. The highest BCUT2D eigenvalue weighted by Crippen LogP contribution is 2.23. The Morgan fingerprint density at radius 2 is 1.68 bits per heavy atom. The Balaban J connectivity index is 2.25. The minimum atomic E-state index is 0.720. The lowest BCUT2D eigenvalue weighted by molar-refractivity contribution is 0.923. The van der Waals surface area contributed by atoms with Crippen molar-refractivity contribution in [3.63, 3.8) is 0 Å². The average molecular weight is 275 g/mol. The van der Waals surface area contributed by atoms with Gasteiger partial charge in [-0.05, 0) is 60.9 Å². The van der Waals surface area contributed by atoms with E-state index in [1.165, 1.54) is 16.8 Å². The number of benzene rings is 2. The lowest BCUT2D eigenvalue weighted by Gasteiger charge is -2.21. The molecule has 2 aromatic carbocycles. The number of aryl methyl sites for hydroxylation is 2. The predicted molar refractivity (Wildman–Crippen MR) is 83.9 cm³/mol. The molecule has 0 aliphatic carbocycles. The third-order valence-corrected chi connectivity index (χ3v) is 3.39. The Hall–Kier alpha value is -1.67. The Kier molecular flexibility index (Phi) is 4.01. The quantitative estimate of drug-likeness (QED) is 0.851. The average Bonchev–Trinajstić information content (AvgIpc) is 2.32. The molecule has 0 unspecified atom stereocenters. The van der Waals surface area contributed by atoms with Crippen molar-refractivity contribution in [1.29, 1.82) is 0 Å². The third-order valence-electron chi connectivity index (χ3n) is 3.16. The molecule has 2 aromatic rings. The van der Waals surface area contributed by atoms with Crippen LogP contribution in [0, 0.1) is 13.8 Å². The number of nitrogen functional groups attached to an aromatic ring is 1. The van der Waals surface area contributed by atoms with Gasteiger partial charge in [-0.25, -0.2) is 0 Å². The zero-order valence-corrected chi connectivity index (χ0v) is 12.3. The summed E-state index contributed by atoms with van der Waals surface area (Å²) in [6.45, 7) is 4.96. The van der Waals surface area contributed by atoms with Gasteiger partial charge >= 0.3 is 0 Å². The molecular weight excluding hydrogens is 256 g/mol. The van der Waals surface area contributed by atoms with E-state index >= 15 is 0 Å². The van der Waals surface area contributed by atoms with Crippen LogP contribution in [0.25, 0.3) is 0 Å². The summed E-state index contributed by atoms with van der Waals surface area (Å²) in [5.74, 6) is 0. The molecule has 2 N–H and O–H groups in total. The first-order valence-corrected chi connectivity index (χ1v) is 6.67. The molecule has 2 nitrogen and oxygen atoms in total. The molecule has 0 aliphatic heterocycles. The lowest BCUT2D eigenvalue weighted by Crippen LogP contribution is -2.17. The van der Waals surface area contributed by atoms with Crippen LogP contribution in [0.15, 0.2) is 36.4 Å². The van der Waals surface area contributed by atoms with Crippen LogP contribution in [0.3, 0.4) is 0 Å². The number of nitrogens with two attached hydrogens (primary N) is 1. The van der Waals surface area contributed by atoms with E-state index in [0.717, 1.165) is 22.8 Å². The van der Waals surface area contributed by atoms with Crippen LogP contribution in [0.5, 0.6) is 0 Å². The molecule has 100 valence electrons. The predicted octanol–water partition coefficient (Wildman–Crippen LogP) is 4.18. The second-order valence-electron chi connectivity index (χ2n) is 5.05. The van der Waals surface area contributed by atoms with Crippen LogP contribution in [0.2, 0.25) is 5.02 Å². The van der Waals surface area contributed by atoms with Crippen LogP contribution < -0.4 is 10.6 Å². The number of hydrogen-bond donors (Lipinski definition) is 1. The maximum Gasteiger partial charge on any atom is 0.0447 e. The van der Waals surface area contributed by atoms with Crippen molar-refractivity contribution in [2.45, 2.75) is 20.4 Å². The zero-order valence-electron chi connectivity index (χ0n) is 11.6. The Labute approximate surface area is 119 Å². The molecular formula is C16H19ClN2. The standard InChI is InChI=1S/C16H19ClN2/c1-11-6-12(2)8-15(7-11)19(3)10-13-9-14(17)4-5-16(13)18/h4-9H,10,18H2,1-3H3. The second kappa shape index (κ2) is 5.54. The molecule has 19 heavy (non-hydrogen) atoms. The molecule has 0 aromatic heterocycles. The molecule has 0 saturated heterocycles. The maximum atomic E-state index is 6.02. The van der Waals surface area contributed by atoms with E-state index in [1.807, 2.05) is 18.2 Å². The van der Waals surface area contributed by atoms with E-state index in [1.54, 1.807) is 0 Å². The van der Waals surface area contributed by atoms with Crippen molar-refractivity contribution >= 4 is 23.0 Å². The summed E-state index contributed by atoms with van der Waals surface area (Å²) >= 11 is 6.02. The normalized spacial score (nSPS) is 10.5. The van der Waals surface area contributed by atoms with E-state index in [9.17, 15) is 0 Å². The third kappa shape index (κ3) is 3.42. The summed E-state index contributed by atoms with van der Waals surface area (Å²) in [7, 11) is 2.06. The van der Waals surface area contributed by atoms with Crippen LogP contribution in [-0.4, -0.2) is 7.05 Å². The Bertz CT molecular complexity index is 573. The molecule has 0 spiro atoms. The molecule has 0 atom stereocenters. The van der Waals surface area contributed by atoms with Gasteiger partial charge in [0.25, 0.3) is 0 Å². The number of halogens is 1. The fraction of sp³-hybridized carbons (Fsp3) is 0.250. The number of hydrogen-bond acceptors (Lipinski definition) is 2. The maximum absolute atomic E-state index is 6.02. The van der Waals surface area contributed by atoms with Gasteiger partial charge in [-0.1, -0.05) is 17.7 Å². The van der Waals surface area contributed by atoms with Crippen molar-refractivity contribution < 1.29 is 0 Å². The topological polar surface area (TPSA) is 29.3 Å². The SMILES string of the molecule is Cc1cc(C)cc(N(C)Cc2cc(Cl)ccc2N)c1. The monoisotopic (exact) mass is 274 g/mol. The summed E-state index contributed by atoms with van der Waals surface area (Å²) in [5, 5.41) is 0.720. The summed E-state index contributed by atoms with van der Waals surface area (Å²) < 4.78 is 0. The van der Waals surface area contributed by atoms with Crippen molar-refractivity contribution in [2.24, 2.45) is 0 Å². The van der Waals surface area contributed by atoms with Gasteiger partial charge in [0.1, 0.15) is 0 Å². The first-order chi connectivity index (χ1) is 8.95. The molecule has 0 saturated carbocycles. The van der Waals surface area contributed by atoms with Gasteiger partial charge in [0, 0.05) is 30.0 Å². The van der Waals surface area contributed by atoms with E-state index in [-0.39, 0.29) is 0 Å². The summed E-state index contributed by atoms with van der Waals surface area (Å²) in [5.41, 5.74) is 11.5. The highest BCUT2D eigenvalue weighted by atomic mass is 35.5. The minimum Gasteiger partial charge on any atom is -0.398 e. The number of rotatable bonds is 3. The van der Waals surface area contributed by atoms with E-state index in [0.29, 0.717) is 0 Å². The van der Waals surface area contributed by atoms with Crippen molar-refractivity contribution in [2.75, 3.05) is 17.7 Å². The molecule has 0 aliphatic rings. The summed E-state index contributed by atoms with van der Waals surface area (Å²) in [4.78, 5) is 2.18. The molecule has 0 radical (unpaired) electrons. The molecule has 2 rings (SSSR count). The van der Waals surface area contributed by atoms with Crippen LogP contribution in [0.4, 0.5) is 11.4 Å². The lowest BCUT2D eigenvalue weighted by atomic mass is 10.1. The number of anilines is 2.